The number of aliphatic carboxylic acids is 1. The van der Waals surface area contributed by atoms with Gasteiger partial charge in [0.25, 0.3) is 0 Å². The smallest absolute Gasteiger partial charge is 0.348 e. The van der Waals surface area contributed by atoms with Gasteiger partial charge in [0.2, 0.25) is 6.10 Å². The topological polar surface area (TPSA) is 68.1 Å². The highest BCUT2D eigenvalue weighted by atomic mass is 79.9. The van der Waals surface area contributed by atoms with E-state index in [1.807, 2.05) is 12.1 Å². The molecule has 1 atom stereocenters. The molecular weight excluding hydrogens is 290 g/mol. The number of hydrogen-bond donors (Lipinski definition) is 1. The molecule has 6 heteroatoms. The molecule has 90 valence electrons. The van der Waals surface area contributed by atoms with Gasteiger partial charge in [0.1, 0.15) is 5.75 Å². The van der Waals surface area contributed by atoms with Gasteiger partial charge in [-0.3, -0.25) is 0 Å². The van der Waals surface area contributed by atoms with E-state index in [1.54, 1.807) is 13.2 Å². The number of methoxy groups -OCH3 is 1. The molecule has 0 saturated heterocycles. The number of carboxylic acids is 1. The van der Waals surface area contributed by atoms with Crippen LogP contribution in [0.5, 0.6) is 5.75 Å². The largest absolute Gasteiger partial charge is 0.496 e. The molecule has 0 fully saturated rings. The Morgan fingerprint density at radius 3 is 2.94 bits per heavy atom. The number of rotatable bonds is 3. The molecule has 1 aliphatic heterocycles. The first-order valence-electron chi connectivity index (χ1n) is 4.91. The molecular formula is C11H10BrNO4. The van der Waals surface area contributed by atoms with E-state index in [1.165, 1.54) is 0 Å². The maximum atomic E-state index is 10.7. The van der Waals surface area contributed by atoms with Crippen molar-refractivity contribution in [3.8, 4) is 5.75 Å². The molecule has 17 heavy (non-hydrogen) atoms. The number of hydrogen-bond acceptors (Lipinski definition) is 4. The number of benzene rings is 1. The first-order chi connectivity index (χ1) is 8.11. The van der Waals surface area contributed by atoms with Crippen molar-refractivity contribution in [1.82, 2.24) is 0 Å². The Morgan fingerprint density at radius 2 is 2.41 bits per heavy atom. The minimum atomic E-state index is -1.00. The van der Waals surface area contributed by atoms with Crippen LogP contribution in [0, 0.1) is 0 Å². The highest BCUT2D eigenvalue weighted by Crippen LogP contribution is 2.27. The van der Waals surface area contributed by atoms with Crippen molar-refractivity contribution < 1.29 is 19.5 Å². The normalized spacial score (nSPS) is 18.5. The van der Waals surface area contributed by atoms with Gasteiger partial charge in [0.05, 0.1) is 17.3 Å². The van der Waals surface area contributed by atoms with E-state index >= 15 is 0 Å². The molecule has 1 heterocycles. The van der Waals surface area contributed by atoms with Gasteiger partial charge >= 0.3 is 5.97 Å². The number of oxime groups is 1. The summed E-state index contributed by atoms with van der Waals surface area (Å²) in [7, 11) is 1.58. The third kappa shape index (κ3) is 2.41. The summed E-state index contributed by atoms with van der Waals surface area (Å²) < 4.78 is 5.90. The van der Waals surface area contributed by atoms with Crippen molar-refractivity contribution in [2.45, 2.75) is 12.5 Å². The van der Waals surface area contributed by atoms with Crippen LogP contribution in [0.3, 0.4) is 0 Å². The fraction of sp³-hybridized carbons (Fsp3) is 0.273. The van der Waals surface area contributed by atoms with Crippen LogP contribution in [0.1, 0.15) is 12.0 Å². The zero-order valence-electron chi connectivity index (χ0n) is 9.01. The maximum absolute atomic E-state index is 10.7. The maximum Gasteiger partial charge on any atom is 0.348 e. The summed E-state index contributed by atoms with van der Waals surface area (Å²) in [6, 6.07) is 5.43. The van der Waals surface area contributed by atoms with E-state index in [-0.39, 0.29) is 6.42 Å². The fourth-order valence-corrected chi connectivity index (χ4v) is 2.07. The second-order valence-corrected chi connectivity index (χ2v) is 4.38. The number of carbonyl (C=O) groups is 1. The van der Waals surface area contributed by atoms with Crippen LogP contribution in [-0.4, -0.2) is 30.0 Å². The Bertz CT molecular complexity index is 486. The predicted octanol–water partition coefficient (Wildman–Crippen LogP) is 2.04. The summed E-state index contributed by atoms with van der Waals surface area (Å²) in [6.45, 7) is 0. The minimum Gasteiger partial charge on any atom is -0.496 e. The Hall–Kier alpha value is -1.56. The lowest BCUT2D eigenvalue weighted by molar-refractivity contribution is -0.148. The summed E-state index contributed by atoms with van der Waals surface area (Å²) >= 11 is 3.36. The number of nitrogens with zero attached hydrogens (tertiary/aromatic N) is 1. The molecule has 0 saturated carbocycles. The average molecular weight is 300 g/mol. The van der Waals surface area contributed by atoms with Crippen LogP contribution in [0.15, 0.2) is 27.8 Å². The van der Waals surface area contributed by atoms with E-state index < -0.39 is 12.1 Å². The van der Waals surface area contributed by atoms with Crippen LogP contribution >= 0.6 is 15.9 Å². The Balaban J connectivity index is 2.20. The van der Waals surface area contributed by atoms with Crippen molar-refractivity contribution in [3.63, 3.8) is 0 Å². The highest BCUT2D eigenvalue weighted by molar-refractivity contribution is 9.10. The molecule has 0 aliphatic carbocycles. The summed E-state index contributed by atoms with van der Waals surface area (Å²) in [5.74, 6) is -0.292. The zero-order valence-corrected chi connectivity index (χ0v) is 10.6. The average Bonchev–Trinajstić information content (AvgIpc) is 2.78. The summed E-state index contributed by atoms with van der Waals surface area (Å²) in [5.41, 5.74) is 1.45. The van der Waals surface area contributed by atoms with Crippen LogP contribution < -0.4 is 4.74 Å². The molecule has 1 aromatic carbocycles. The summed E-state index contributed by atoms with van der Waals surface area (Å²) in [6.07, 6.45) is -0.612. The first kappa shape index (κ1) is 11.9. The van der Waals surface area contributed by atoms with Gasteiger partial charge in [-0.05, 0) is 34.1 Å². The van der Waals surface area contributed by atoms with E-state index in [0.717, 1.165) is 10.0 Å². The van der Waals surface area contributed by atoms with Gasteiger partial charge in [-0.1, -0.05) is 5.16 Å². The van der Waals surface area contributed by atoms with Crippen LogP contribution in [0.4, 0.5) is 0 Å². The van der Waals surface area contributed by atoms with Gasteiger partial charge in [-0.15, -0.1) is 0 Å². The van der Waals surface area contributed by atoms with Crippen molar-refractivity contribution in [1.29, 1.82) is 0 Å². The molecule has 1 aromatic rings. The SMILES string of the molecule is COc1ccc(C2=NOC(C(=O)O)C2)cc1Br. The van der Waals surface area contributed by atoms with Gasteiger partial charge in [0.15, 0.2) is 0 Å². The lowest BCUT2D eigenvalue weighted by Gasteiger charge is -2.05. The van der Waals surface area contributed by atoms with E-state index in [2.05, 4.69) is 21.1 Å². The Kier molecular flexibility index (Phi) is 3.33. The Morgan fingerprint density at radius 1 is 1.65 bits per heavy atom. The second-order valence-electron chi connectivity index (χ2n) is 3.52. The highest BCUT2D eigenvalue weighted by Gasteiger charge is 2.28. The summed E-state index contributed by atoms with van der Waals surface area (Å²) in [4.78, 5) is 15.5. The minimum absolute atomic E-state index is 0.272. The van der Waals surface area contributed by atoms with E-state index in [0.29, 0.717) is 11.5 Å². The monoisotopic (exact) mass is 299 g/mol. The van der Waals surface area contributed by atoms with Gasteiger partial charge in [0, 0.05) is 12.0 Å². The van der Waals surface area contributed by atoms with E-state index in [9.17, 15) is 4.79 Å². The van der Waals surface area contributed by atoms with Gasteiger partial charge < -0.3 is 14.7 Å². The van der Waals surface area contributed by atoms with Gasteiger partial charge in [-0.25, -0.2) is 4.79 Å². The molecule has 0 amide bonds. The van der Waals surface area contributed by atoms with Crippen molar-refractivity contribution in [3.05, 3.63) is 28.2 Å². The second kappa shape index (κ2) is 4.75. The molecule has 1 unspecified atom stereocenters. The quantitative estimate of drug-likeness (QED) is 0.927. The predicted molar refractivity (Wildman–Crippen MR) is 64.4 cm³/mol. The number of halogens is 1. The lowest BCUT2D eigenvalue weighted by atomic mass is 10.1. The molecule has 5 nitrogen and oxygen atoms in total. The van der Waals surface area contributed by atoms with Crippen LogP contribution in [0.25, 0.3) is 0 Å². The number of ether oxygens (including phenoxy) is 1. The summed E-state index contributed by atoms with van der Waals surface area (Å²) in [5, 5.41) is 12.6. The molecule has 0 radical (unpaired) electrons. The molecule has 0 bridgehead atoms. The third-order valence-corrected chi connectivity index (χ3v) is 3.05. The standard InChI is InChI=1S/C11H10BrNO4/c1-16-9-3-2-6(4-7(9)12)8-5-10(11(14)15)17-13-8/h2-4,10H,5H2,1H3,(H,14,15). The number of carboxylic acid groups (broad SMARTS) is 1. The van der Waals surface area contributed by atoms with Crippen molar-refractivity contribution >= 4 is 27.6 Å². The molecule has 0 aromatic heterocycles. The van der Waals surface area contributed by atoms with Crippen molar-refractivity contribution in [2.75, 3.05) is 7.11 Å². The third-order valence-electron chi connectivity index (χ3n) is 2.43. The molecule has 2 rings (SSSR count). The Labute approximate surface area is 106 Å². The molecule has 1 N–H and O–H groups in total. The van der Waals surface area contributed by atoms with Crippen LogP contribution in [0.2, 0.25) is 0 Å². The first-order valence-corrected chi connectivity index (χ1v) is 5.70. The van der Waals surface area contributed by atoms with Gasteiger partial charge in [-0.2, -0.15) is 0 Å². The molecule has 0 spiro atoms. The molecule has 1 aliphatic rings. The van der Waals surface area contributed by atoms with Crippen LogP contribution in [-0.2, 0) is 9.63 Å². The zero-order chi connectivity index (χ0) is 12.4. The van der Waals surface area contributed by atoms with Crippen molar-refractivity contribution in [2.24, 2.45) is 5.16 Å². The lowest BCUT2D eigenvalue weighted by Crippen LogP contribution is -2.19. The fourth-order valence-electron chi connectivity index (χ4n) is 1.53. The van der Waals surface area contributed by atoms with E-state index in [4.69, 9.17) is 14.7 Å².